The SMILES string of the molecule is CCNC(=O)CNC(=O)C[NH+]1CCC(Cc2ccccc2)CC1. The lowest BCUT2D eigenvalue weighted by molar-refractivity contribution is -0.898. The second-order valence-corrected chi connectivity index (χ2v) is 6.29. The van der Waals surface area contributed by atoms with Gasteiger partial charge in [0.2, 0.25) is 5.91 Å². The minimum atomic E-state index is -0.127. The first kappa shape index (κ1) is 17.5. The molecule has 1 heterocycles. The second kappa shape index (κ2) is 9.30. The topological polar surface area (TPSA) is 62.6 Å². The number of rotatable bonds is 7. The van der Waals surface area contributed by atoms with Crippen molar-refractivity contribution >= 4 is 11.8 Å². The maximum absolute atomic E-state index is 11.9. The number of carbonyl (C=O) groups is 2. The van der Waals surface area contributed by atoms with E-state index in [-0.39, 0.29) is 18.4 Å². The molecule has 1 saturated heterocycles. The molecule has 1 aromatic carbocycles. The van der Waals surface area contributed by atoms with Crippen molar-refractivity contribution in [3.8, 4) is 0 Å². The smallest absolute Gasteiger partial charge is 0.275 e. The van der Waals surface area contributed by atoms with Crippen LogP contribution in [0.25, 0.3) is 0 Å². The van der Waals surface area contributed by atoms with E-state index in [0.29, 0.717) is 13.1 Å². The van der Waals surface area contributed by atoms with Gasteiger partial charge in [0.05, 0.1) is 19.6 Å². The predicted octanol–water partition coefficient (Wildman–Crippen LogP) is -0.224. The van der Waals surface area contributed by atoms with E-state index in [9.17, 15) is 9.59 Å². The fourth-order valence-electron chi connectivity index (χ4n) is 3.14. The number of carbonyl (C=O) groups excluding carboxylic acids is 2. The molecule has 3 N–H and O–H groups in total. The lowest BCUT2D eigenvalue weighted by Gasteiger charge is -2.28. The van der Waals surface area contributed by atoms with E-state index in [1.807, 2.05) is 6.92 Å². The zero-order chi connectivity index (χ0) is 16.5. The van der Waals surface area contributed by atoms with Gasteiger partial charge in [-0.2, -0.15) is 0 Å². The molecule has 0 atom stereocenters. The minimum absolute atomic E-state index is 0.0345. The first-order chi connectivity index (χ1) is 11.2. The van der Waals surface area contributed by atoms with E-state index in [2.05, 4.69) is 41.0 Å². The molecule has 1 fully saturated rings. The number of amides is 2. The summed E-state index contributed by atoms with van der Waals surface area (Å²) in [6, 6.07) is 10.6. The number of likely N-dealkylation sites (tertiary alicyclic amines) is 1. The molecule has 1 aliphatic rings. The summed E-state index contributed by atoms with van der Waals surface area (Å²) in [6.07, 6.45) is 3.46. The Kier molecular flexibility index (Phi) is 7.07. The number of likely N-dealkylation sites (N-methyl/N-ethyl adjacent to an activating group) is 1. The molecule has 1 aromatic rings. The van der Waals surface area contributed by atoms with Crippen LogP contribution in [0.4, 0.5) is 0 Å². The summed E-state index contributed by atoms with van der Waals surface area (Å²) in [7, 11) is 0. The summed E-state index contributed by atoms with van der Waals surface area (Å²) >= 11 is 0. The van der Waals surface area contributed by atoms with Gasteiger partial charge < -0.3 is 15.5 Å². The van der Waals surface area contributed by atoms with E-state index in [0.717, 1.165) is 38.3 Å². The van der Waals surface area contributed by atoms with E-state index in [1.54, 1.807) is 0 Å². The molecule has 0 radical (unpaired) electrons. The summed E-state index contributed by atoms with van der Waals surface area (Å²) in [5, 5.41) is 5.37. The van der Waals surface area contributed by atoms with Crippen molar-refractivity contribution in [1.29, 1.82) is 0 Å². The number of nitrogens with one attached hydrogen (secondary N) is 3. The lowest BCUT2D eigenvalue weighted by Crippen LogP contribution is -3.14. The monoisotopic (exact) mass is 318 g/mol. The van der Waals surface area contributed by atoms with Crippen LogP contribution in [-0.4, -0.2) is 44.5 Å². The number of benzene rings is 1. The van der Waals surface area contributed by atoms with Crippen LogP contribution in [0.2, 0.25) is 0 Å². The number of piperidine rings is 1. The normalized spacial score (nSPS) is 20.7. The Morgan fingerprint density at radius 1 is 1.09 bits per heavy atom. The van der Waals surface area contributed by atoms with Gasteiger partial charge in [-0.15, -0.1) is 0 Å². The van der Waals surface area contributed by atoms with Gasteiger partial charge >= 0.3 is 0 Å². The van der Waals surface area contributed by atoms with E-state index in [4.69, 9.17) is 0 Å². The third-order valence-corrected chi connectivity index (χ3v) is 4.41. The van der Waals surface area contributed by atoms with E-state index >= 15 is 0 Å². The van der Waals surface area contributed by atoms with Crippen LogP contribution < -0.4 is 15.5 Å². The molecular formula is C18H28N3O2+. The van der Waals surface area contributed by atoms with Gasteiger partial charge in [-0.05, 0) is 37.7 Å². The summed E-state index contributed by atoms with van der Waals surface area (Å²) in [5.74, 6) is 0.560. The minimum Gasteiger partial charge on any atom is -0.355 e. The summed E-state index contributed by atoms with van der Waals surface area (Å²) in [5.41, 5.74) is 1.40. The average molecular weight is 318 g/mol. The third kappa shape index (κ3) is 6.40. The average Bonchev–Trinajstić information content (AvgIpc) is 2.56. The molecule has 0 aromatic heterocycles. The maximum Gasteiger partial charge on any atom is 0.275 e. The molecule has 126 valence electrons. The van der Waals surface area contributed by atoms with Crippen molar-refractivity contribution in [2.45, 2.75) is 26.2 Å². The van der Waals surface area contributed by atoms with Crippen LogP contribution in [0.5, 0.6) is 0 Å². The molecule has 5 heteroatoms. The Bertz CT molecular complexity index is 496. The fourth-order valence-corrected chi connectivity index (χ4v) is 3.14. The van der Waals surface area contributed by atoms with E-state index in [1.165, 1.54) is 10.5 Å². The highest BCUT2D eigenvalue weighted by Gasteiger charge is 2.24. The summed E-state index contributed by atoms with van der Waals surface area (Å²) < 4.78 is 0. The van der Waals surface area contributed by atoms with Crippen molar-refractivity contribution in [3.63, 3.8) is 0 Å². The Morgan fingerprint density at radius 2 is 1.78 bits per heavy atom. The maximum atomic E-state index is 11.9. The van der Waals surface area contributed by atoms with Crippen molar-refractivity contribution in [1.82, 2.24) is 10.6 Å². The molecule has 0 saturated carbocycles. The first-order valence-corrected chi connectivity index (χ1v) is 8.58. The van der Waals surface area contributed by atoms with Gasteiger partial charge in [-0.1, -0.05) is 30.3 Å². The second-order valence-electron chi connectivity index (χ2n) is 6.29. The summed E-state index contributed by atoms with van der Waals surface area (Å²) in [4.78, 5) is 24.5. The van der Waals surface area contributed by atoms with Gasteiger partial charge in [-0.3, -0.25) is 9.59 Å². The molecule has 5 nitrogen and oxygen atoms in total. The molecule has 0 spiro atoms. The summed E-state index contributed by atoms with van der Waals surface area (Å²) in [6.45, 7) is 5.07. The number of hydrogen-bond acceptors (Lipinski definition) is 2. The molecule has 1 aliphatic heterocycles. The highest BCUT2D eigenvalue weighted by atomic mass is 16.2. The van der Waals surface area contributed by atoms with Crippen molar-refractivity contribution in [2.24, 2.45) is 5.92 Å². The van der Waals surface area contributed by atoms with E-state index < -0.39 is 0 Å². The van der Waals surface area contributed by atoms with Crippen LogP contribution in [-0.2, 0) is 16.0 Å². The molecule has 0 aliphatic carbocycles. The number of quaternary nitrogens is 1. The van der Waals surface area contributed by atoms with Crippen molar-refractivity contribution < 1.29 is 14.5 Å². The van der Waals surface area contributed by atoms with Gasteiger partial charge in [0.1, 0.15) is 0 Å². The molecule has 0 bridgehead atoms. The van der Waals surface area contributed by atoms with Crippen LogP contribution in [0, 0.1) is 5.92 Å². The highest BCUT2D eigenvalue weighted by molar-refractivity contribution is 5.84. The van der Waals surface area contributed by atoms with Crippen LogP contribution in [0.15, 0.2) is 30.3 Å². The molecule has 2 rings (SSSR count). The molecular weight excluding hydrogens is 290 g/mol. The zero-order valence-corrected chi connectivity index (χ0v) is 13.9. The predicted molar refractivity (Wildman–Crippen MR) is 90.1 cm³/mol. The molecule has 23 heavy (non-hydrogen) atoms. The quantitative estimate of drug-likeness (QED) is 0.651. The third-order valence-electron chi connectivity index (χ3n) is 4.41. The number of hydrogen-bond donors (Lipinski definition) is 3. The van der Waals surface area contributed by atoms with Gasteiger partial charge in [-0.25, -0.2) is 0 Å². The van der Waals surface area contributed by atoms with Crippen LogP contribution in [0.1, 0.15) is 25.3 Å². The Balaban J connectivity index is 1.64. The van der Waals surface area contributed by atoms with Crippen LogP contribution >= 0.6 is 0 Å². The zero-order valence-electron chi connectivity index (χ0n) is 13.9. The Morgan fingerprint density at radius 3 is 2.43 bits per heavy atom. The largest absolute Gasteiger partial charge is 0.355 e. The van der Waals surface area contributed by atoms with Gasteiger partial charge in [0.25, 0.3) is 5.91 Å². The Labute approximate surface area is 138 Å². The van der Waals surface area contributed by atoms with Gasteiger partial charge in [0, 0.05) is 6.54 Å². The first-order valence-electron chi connectivity index (χ1n) is 8.58. The fraction of sp³-hybridized carbons (Fsp3) is 0.556. The molecule has 2 amide bonds. The molecule has 0 unspecified atom stereocenters. The van der Waals surface area contributed by atoms with Crippen molar-refractivity contribution in [3.05, 3.63) is 35.9 Å². The Hall–Kier alpha value is -1.88. The standard InChI is InChI=1S/C18H27N3O2/c1-2-19-17(22)13-20-18(23)14-21-10-8-16(9-11-21)12-15-6-4-3-5-7-15/h3-7,16H,2,8-14H2,1H3,(H,19,22)(H,20,23)/p+1. The van der Waals surface area contributed by atoms with Crippen LogP contribution in [0.3, 0.4) is 0 Å². The van der Waals surface area contributed by atoms with Gasteiger partial charge in [0.15, 0.2) is 6.54 Å². The van der Waals surface area contributed by atoms with Crippen molar-refractivity contribution in [2.75, 3.05) is 32.7 Å². The highest BCUT2D eigenvalue weighted by Crippen LogP contribution is 2.16. The lowest BCUT2D eigenvalue weighted by atomic mass is 9.90.